The smallest absolute Gasteiger partial charge is 0.385 e. The molecule has 0 amide bonds. The van der Waals surface area contributed by atoms with Gasteiger partial charge in [-0.3, -0.25) is 0 Å². The predicted molar refractivity (Wildman–Crippen MR) is 81.2 cm³/mol. The van der Waals surface area contributed by atoms with Crippen molar-refractivity contribution >= 4 is 5.97 Å². The molecule has 0 unspecified atom stereocenters. The fourth-order valence-corrected chi connectivity index (χ4v) is 2.13. The number of hydrogen-bond donors (Lipinski definition) is 0. The molecule has 0 radical (unpaired) electrons. The fourth-order valence-electron chi connectivity index (χ4n) is 2.13. The molecule has 0 N–H and O–H groups in total. The minimum atomic E-state index is -9.32. The van der Waals surface area contributed by atoms with Gasteiger partial charge >= 0.3 is 71.6 Å². The van der Waals surface area contributed by atoms with Crippen molar-refractivity contribution in [2.24, 2.45) is 0 Å². The van der Waals surface area contributed by atoms with Crippen LogP contribution in [0.15, 0.2) is 12.2 Å². The number of alkyl halides is 22. The van der Waals surface area contributed by atoms with E-state index in [4.69, 9.17) is 0 Å². The van der Waals surface area contributed by atoms with Gasteiger partial charge in [-0.2, -0.15) is 87.8 Å². The Morgan fingerprint density at radius 3 is 1.05 bits per heavy atom. The molecule has 0 aliphatic rings. The molecule has 238 valence electrons. The van der Waals surface area contributed by atoms with Crippen LogP contribution in [0.5, 0.6) is 0 Å². The van der Waals surface area contributed by atoms with Gasteiger partial charge in [0.25, 0.3) is 0 Å². The summed E-state index contributed by atoms with van der Waals surface area (Å²) in [6.45, 7) is -0.309. The Bertz CT molecular complexity index is 964. The molecule has 2 nitrogen and oxygen atoms in total. The maximum absolute atomic E-state index is 13.7. The summed E-state index contributed by atoms with van der Waals surface area (Å²) in [5.41, 5.74) is -1.00. The third-order valence-corrected chi connectivity index (χ3v) is 4.65. The lowest BCUT2D eigenvalue weighted by Crippen LogP contribution is -2.77. The summed E-state index contributed by atoms with van der Waals surface area (Å²) in [5.74, 6) is -88.7. The van der Waals surface area contributed by atoms with Crippen molar-refractivity contribution in [3.05, 3.63) is 12.2 Å². The second kappa shape index (κ2) is 9.89. The Labute approximate surface area is 204 Å². The van der Waals surface area contributed by atoms with Crippen LogP contribution in [0.2, 0.25) is 0 Å². The van der Waals surface area contributed by atoms with E-state index in [0.29, 0.717) is 6.92 Å². The maximum atomic E-state index is 13.7. The Morgan fingerprint density at radius 1 is 0.550 bits per heavy atom. The number of hydrogen-bond acceptors (Lipinski definition) is 2. The van der Waals surface area contributed by atoms with E-state index in [-0.39, 0.29) is 0 Å². The van der Waals surface area contributed by atoms with Crippen LogP contribution in [0.25, 0.3) is 0 Å². The van der Waals surface area contributed by atoms with Crippen LogP contribution in [0.3, 0.4) is 0 Å². The molecule has 0 atom stereocenters. The molecule has 0 saturated heterocycles. The van der Waals surface area contributed by atoms with Crippen LogP contribution < -0.4 is 0 Å². The van der Waals surface area contributed by atoms with Crippen molar-refractivity contribution in [2.45, 2.75) is 72.6 Å². The van der Waals surface area contributed by atoms with Gasteiger partial charge in [0.1, 0.15) is 0 Å². The first-order valence-electron chi connectivity index (χ1n) is 8.91. The highest BCUT2D eigenvalue weighted by atomic mass is 19.4. The van der Waals surface area contributed by atoms with Gasteiger partial charge in [0.15, 0.2) is 6.61 Å². The van der Waals surface area contributed by atoms with Gasteiger partial charge in [0, 0.05) is 5.57 Å². The van der Waals surface area contributed by atoms with Crippen molar-refractivity contribution in [1.29, 1.82) is 0 Å². The Kier molecular flexibility index (Phi) is 9.32. The molecular weight excluding hydrogens is 642 g/mol. The van der Waals surface area contributed by atoms with Crippen LogP contribution in [0.4, 0.5) is 96.6 Å². The number of ether oxygens (including phenoxy) is 1. The van der Waals surface area contributed by atoms with Gasteiger partial charge in [-0.1, -0.05) is 6.58 Å². The number of carbonyl (C=O) groups is 1. The van der Waals surface area contributed by atoms with Gasteiger partial charge < -0.3 is 4.74 Å². The fraction of sp³-hybridized carbons (Fsp3) is 0.812. The number of carbonyl (C=O) groups excluding carboxylic acids is 1. The first kappa shape index (κ1) is 37.7. The van der Waals surface area contributed by atoms with Crippen LogP contribution in [0, 0.1) is 0 Å². The highest BCUT2D eigenvalue weighted by Crippen LogP contribution is 2.66. The largest absolute Gasteiger partial charge is 0.456 e. The summed E-state index contributed by atoms with van der Waals surface area (Å²) in [6, 6.07) is 0. The van der Waals surface area contributed by atoms with Crippen LogP contribution >= 0.6 is 0 Å². The zero-order valence-electron chi connectivity index (χ0n) is 18.1. The summed E-state index contributed by atoms with van der Waals surface area (Å²) in [5, 5.41) is 0. The molecule has 40 heavy (non-hydrogen) atoms. The normalized spacial score (nSPS) is 15.9. The molecule has 0 aliphatic carbocycles. The highest BCUT2D eigenvalue weighted by Gasteiger charge is 2.98. The predicted octanol–water partition coefficient (Wildman–Crippen LogP) is 7.72. The second-order valence-corrected chi connectivity index (χ2v) is 7.58. The van der Waals surface area contributed by atoms with E-state index in [9.17, 15) is 101 Å². The van der Waals surface area contributed by atoms with Gasteiger partial charge in [-0.25, -0.2) is 13.6 Å². The lowest BCUT2D eigenvalue weighted by atomic mass is 9.85. The number of rotatable bonds is 13. The lowest BCUT2D eigenvalue weighted by Gasteiger charge is -2.45. The summed E-state index contributed by atoms with van der Waals surface area (Å²) < 4.78 is 295. The first-order valence-corrected chi connectivity index (χ1v) is 8.91. The van der Waals surface area contributed by atoms with Crippen LogP contribution in [0.1, 0.15) is 6.92 Å². The molecule has 0 spiro atoms. The third-order valence-electron chi connectivity index (χ3n) is 4.65. The lowest BCUT2D eigenvalue weighted by molar-refractivity contribution is -0.471. The standard InChI is InChI=1S/C16H8F22O2/c1-4(2)5(39)40-3-7(19,20)9(23,24)11(27,28)13(31,32)15(35,36)16(37,38)14(33,34)12(29,30)10(25,26)8(21,22)6(17)18/h6H,1,3H2,2H3. The van der Waals surface area contributed by atoms with E-state index in [1.165, 1.54) is 0 Å². The minimum Gasteiger partial charge on any atom is -0.456 e. The third kappa shape index (κ3) is 4.78. The molecule has 0 rings (SSSR count). The van der Waals surface area contributed by atoms with Gasteiger partial charge in [0.2, 0.25) is 0 Å². The zero-order chi connectivity index (χ0) is 33.1. The van der Waals surface area contributed by atoms with E-state index in [0.717, 1.165) is 0 Å². The van der Waals surface area contributed by atoms with Gasteiger partial charge in [-0.15, -0.1) is 0 Å². The Hall–Kier alpha value is -2.33. The van der Waals surface area contributed by atoms with Crippen molar-refractivity contribution in [2.75, 3.05) is 6.61 Å². The molecule has 0 saturated carbocycles. The van der Waals surface area contributed by atoms with E-state index in [2.05, 4.69) is 11.3 Å². The molecule has 0 heterocycles. The molecule has 0 bridgehead atoms. The van der Waals surface area contributed by atoms with Crippen molar-refractivity contribution < 1.29 is 106 Å². The Morgan fingerprint density at radius 2 is 0.800 bits per heavy atom. The van der Waals surface area contributed by atoms with Crippen molar-refractivity contribution in [3.8, 4) is 0 Å². The van der Waals surface area contributed by atoms with Crippen LogP contribution in [-0.2, 0) is 9.53 Å². The van der Waals surface area contributed by atoms with E-state index in [1.807, 2.05) is 0 Å². The molecule has 0 fully saturated rings. The summed E-state index contributed by atoms with van der Waals surface area (Å²) in [4.78, 5) is 10.9. The molecule has 24 heteroatoms. The number of esters is 1. The summed E-state index contributed by atoms with van der Waals surface area (Å²) >= 11 is 0. The highest BCUT2D eigenvalue weighted by molar-refractivity contribution is 5.86. The molecular formula is C16H8F22O2. The quantitative estimate of drug-likeness (QED) is 0.116. The van der Waals surface area contributed by atoms with E-state index < -0.39 is 83.8 Å². The summed E-state index contributed by atoms with van der Waals surface area (Å²) in [6.07, 6.45) is -6.20. The molecule has 0 aromatic rings. The molecule has 0 aromatic heterocycles. The van der Waals surface area contributed by atoms with Gasteiger partial charge in [0.05, 0.1) is 0 Å². The average Bonchev–Trinajstić information content (AvgIpc) is 2.75. The minimum absolute atomic E-state index is 0.556. The average molecular weight is 650 g/mol. The monoisotopic (exact) mass is 650 g/mol. The van der Waals surface area contributed by atoms with Crippen LogP contribution in [-0.4, -0.2) is 78.2 Å². The molecule has 0 aliphatic heterocycles. The molecule has 0 aromatic carbocycles. The van der Waals surface area contributed by atoms with Crippen molar-refractivity contribution in [3.63, 3.8) is 0 Å². The maximum Gasteiger partial charge on any atom is 0.385 e. The van der Waals surface area contributed by atoms with Gasteiger partial charge in [-0.05, 0) is 6.92 Å². The van der Waals surface area contributed by atoms with E-state index >= 15 is 0 Å². The second-order valence-electron chi connectivity index (χ2n) is 7.58. The summed E-state index contributed by atoms with van der Waals surface area (Å²) in [7, 11) is 0. The first-order chi connectivity index (χ1) is 17.0. The SMILES string of the molecule is C=C(C)C(=O)OCC(F)(F)C(F)(F)C(F)(F)C(F)(F)C(F)(F)C(F)(F)C(F)(F)C(F)(F)C(F)(F)C(F)(F)C(F)F. The topological polar surface area (TPSA) is 26.3 Å². The van der Waals surface area contributed by atoms with Crippen molar-refractivity contribution in [1.82, 2.24) is 0 Å². The Balaban J connectivity index is 7.01. The van der Waals surface area contributed by atoms with E-state index in [1.54, 1.807) is 0 Å². The number of halogens is 22. The zero-order valence-corrected chi connectivity index (χ0v) is 18.1.